The number of hydrogen-bond acceptors (Lipinski definition) is 4. The normalized spacial score (nSPS) is 21.0. The summed E-state index contributed by atoms with van der Waals surface area (Å²) in [6.45, 7) is 1.65. The van der Waals surface area contributed by atoms with Gasteiger partial charge in [0.25, 0.3) is 17.7 Å². The highest BCUT2D eigenvalue weighted by molar-refractivity contribution is 6.21. The van der Waals surface area contributed by atoms with Gasteiger partial charge >= 0.3 is 6.03 Å². The van der Waals surface area contributed by atoms with Gasteiger partial charge in [-0.15, -0.1) is 0 Å². The Balaban J connectivity index is 1.41. The van der Waals surface area contributed by atoms with E-state index in [1.165, 1.54) is 0 Å². The van der Waals surface area contributed by atoms with Crippen molar-refractivity contribution in [2.24, 2.45) is 0 Å². The van der Waals surface area contributed by atoms with Gasteiger partial charge in [-0.1, -0.05) is 42.5 Å². The number of carbonyl (C=O) groups is 4. The molecule has 0 unspecified atom stereocenters. The van der Waals surface area contributed by atoms with Crippen molar-refractivity contribution in [3.05, 3.63) is 71.3 Å². The Bertz CT molecular complexity index is 969. The molecule has 7 nitrogen and oxygen atoms in total. The van der Waals surface area contributed by atoms with Crippen molar-refractivity contribution < 1.29 is 19.2 Å². The number of carbonyl (C=O) groups excluding carboxylic acids is 4. The van der Waals surface area contributed by atoms with E-state index in [1.54, 1.807) is 31.2 Å². The molecule has 0 aromatic heterocycles. The first-order valence-electron chi connectivity index (χ1n) is 9.54. The van der Waals surface area contributed by atoms with Gasteiger partial charge in [0.15, 0.2) is 0 Å². The molecule has 148 valence electrons. The van der Waals surface area contributed by atoms with Crippen molar-refractivity contribution in [1.29, 1.82) is 0 Å². The third kappa shape index (κ3) is 3.29. The van der Waals surface area contributed by atoms with Crippen LogP contribution < -0.4 is 5.32 Å². The minimum Gasteiger partial charge on any atom is -0.323 e. The minimum absolute atomic E-state index is 0.0275. The third-order valence-electron chi connectivity index (χ3n) is 5.53. The second-order valence-corrected chi connectivity index (χ2v) is 7.51. The van der Waals surface area contributed by atoms with E-state index in [-0.39, 0.29) is 19.0 Å². The fourth-order valence-corrected chi connectivity index (χ4v) is 3.80. The molecule has 2 aromatic rings. The van der Waals surface area contributed by atoms with Gasteiger partial charge in [0.05, 0.1) is 11.1 Å². The number of urea groups is 1. The number of aryl methyl sites for hydroxylation is 1. The highest BCUT2D eigenvalue weighted by Crippen LogP contribution is 2.25. The molecule has 0 saturated carbocycles. The maximum Gasteiger partial charge on any atom is 0.325 e. The molecule has 29 heavy (non-hydrogen) atoms. The van der Waals surface area contributed by atoms with Gasteiger partial charge in [0, 0.05) is 13.1 Å². The molecule has 1 N–H and O–H groups in total. The molecule has 0 spiro atoms. The van der Waals surface area contributed by atoms with Crippen LogP contribution in [0.3, 0.4) is 0 Å². The first-order chi connectivity index (χ1) is 13.9. The lowest BCUT2D eigenvalue weighted by molar-refractivity contribution is -0.131. The summed E-state index contributed by atoms with van der Waals surface area (Å²) >= 11 is 0. The lowest BCUT2D eigenvalue weighted by atomic mass is 9.93. The maximum absolute atomic E-state index is 12.9. The molecule has 5 amide bonds. The summed E-state index contributed by atoms with van der Waals surface area (Å²) < 4.78 is 0. The van der Waals surface area contributed by atoms with E-state index in [0.717, 1.165) is 15.4 Å². The molecule has 4 rings (SSSR count). The third-order valence-corrected chi connectivity index (χ3v) is 5.53. The number of imide groups is 2. The molecule has 1 saturated heterocycles. The van der Waals surface area contributed by atoms with Crippen LogP contribution in [0.4, 0.5) is 4.79 Å². The van der Waals surface area contributed by atoms with Gasteiger partial charge in [0.1, 0.15) is 5.54 Å². The Morgan fingerprint density at radius 2 is 1.34 bits per heavy atom. The molecule has 1 fully saturated rings. The zero-order valence-electron chi connectivity index (χ0n) is 16.1. The van der Waals surface area contributed by atoms with Gasteiger partial charge in [0.2, 0.25) is 0 Å². The van der Waals surface area contributed by atoms with Crippen LogP contribution in [-0.2, 0) is 11.2 Å². The van der Waals surface area contributed by atoms with E-state index in [2.05, 4.69) is 5.32 Å². The van der Waals surface area contributed by atoms with E-state index in [9.17, 15) is 19.2 Å². The summed E-state index contributed by atoms with van der Waals surface area (Å²) in [6.07, 6.45) is 1.11. The molecular weight excluding hydrogens is 370 g/mol. The van der Waals surface area contributed by atoms with Crippen LogP contribution in [-0.4, -0.2) is 52.2 Å². The molecule has 2 heterocycles. The van der Waals surface area contributed by atoms with Gasteiger partial charge in [-0.3, -0.25) is 24.2 Å². The van der Waals surface area contributed by atoms with E-state index >= 15 is 0 Å². The molecule has 0 bridgehead atoms. The summed E-state index contributed by atoms with van der Waals surface area (Å²) in [6, 6.07) is 15.8. The van der Waals surface area contributed by atoms with E-state index in [0.29, 0.717) is 24.0 Å². The van der Waals surface area contributed by atoms with Crippen LogP contribution in [0.25, 0.3) is 0 Å². The number of fused-ring (bicyclic) bond motifs is 1. The first-order valence-corrected chi connectivity index (χ1v) is 9.54. The number of nitrogens with zero attached hydrogens (tertiary/aromatic N) is 2. The predicted molar refractivity (Wildman–Crippen MR) is 105 cm³/mol. The van der Waals surface area contributed by atoms with E-state index < -0.39 is 23.4 Å². The average Bonchev–Trinajstić information content (AvgIpc) is 3.10. The zero-order chi connectivity index (χ0) is 20.6. The van der Waals surface area contributed by atoms with Crippen molar-refractivity contribution in [3.8, 4) is 0 Å². The Morgan fingerprint density at radius 3 is 1.97 bits per heavy atom. The molecule has 2 aliphatic heterocycles. The first kappa shape index (κ1) is 18.9. The number of benzene rings is 2. The van der Waals surface area contributed by atoms with Crippen LogP contribution in [0.5, 0.6) is 0 Å². The lowest BCUT2D eigenvalue weighted by Gasteiger charge is -2.22. The van der Waals surface area contributed by atoms with Gasteiger partial charge in [-0.25, -0.2) is 4.79 Å². The van der Waals surface area contributed by atoms with Crippen LogP contribution in [0.1, 0.15) is 39.6 Å². The van der Waals surface area contributed by atoms with E-state index in [1.807, 2.05) is 30.3 Å². The number of amides is 5. The zero-order valence-corrected chi connectivity index (χ0v) is 16.1. The molecule has 0 aliphatic carbocycles. The van der Waals surface area contributed by atoms with E-state index in [4.69, 9.17) is 0 Å². The van der Waals surface area contributed by atoms with Crippen molar-refractivity contribution in [3.63, 3.8) is 0 Å². The molecule has 1 atom stereocenters. The molecule has 2 aromatic carbocycles. The lowest BCUT2D eigenvalue weighted by Crippen LogP contribution is -2.45. The summed E-state index contributed by atoms with van der Waals surface area (Å²) in [4.78, 5) is 52.4. The standard InChI is InChI=1S/C22H21N3O4/c1-22(12-11-15-7-3-2-4-8-15)20(28)25(21(29)23-22)14-13-24-18(26)16-9-5-6-10-17(16)19(24)27/h2-10H,11-14H2,1H3,(H,23,29)/t22-/m0/s1. The molecule has 2 aliphatic rings. The molecular formula is C22H21N3O4. The number of hydrogen-bond donors (Lipinski definition) is 1. The molecule has 0 radical (unpaired) electrons. The van der Waals surface area contributed by atoms with Gasteiger partial charge in [-0.05, 0) is 37.5 Å². The van der Waals surface area contributed by atoms with Crippen molar-refractivity contribution in [1.82, 2.24) is 15.1 Å². The van der Waals surface area contributed by atoms with Gasteiger partial charge < -0.3 is 5.32 Å². The quantitative estimate of drug-likeness (QED) is 0.604. The average molecular weight is 391 g/mol. The monoisotopic (exact) mass is 391 g/mol. The van der Waals surface area contributed by atoms with Crippen LogP contribution in [0, 0.1) is 0 Å². The maximum atomic E-state index is 12.9. The smallest absolute Gasteiger partial charge is 0.323 e. The van der Waals surface area contributed by atoms with Crippen molar-refractivity contribution in [2.45, 2.75) is 25.3 Å². The second kappa shape index (κ2) is 7.16. The molecule has 7 heteroatoms. The Labute approximate surface area is 168 Å². The van der Waals surface area contributed by atoms with Crippen molar-refractivity contribution >= 4 is 23.8 Å². The second-order valence-electron chi connectivity index (χ2n) is 7.51. The Kier molecular flexibility index (Phi) is 4.66. The van der Waals surface area contributed by atoms with Crippen LogP contribution >= 0.6 is 0 Å². The fourth-order valence-electron chi connectivity index (χ4n) is 3.80. The minimum atomic E-state index is -1.01. The summed E-state index contributed by atoms with van der Waals surface area (Å²) in [5.41, 5.74) is 0.777. The Hall–Kier alpha value is -3.48. The summed E-state index contributed by atoms with van der Waals surface area (Å²) in [5, 5.41) is 2.76. The highest BCUT2D eigenvalue weighted by Gasteiger charge is 2.47. The Morgan fingerprint density at radius 1 is 0.793 bits per heavy atom. The van der Waals surface area contributed by atoms with Crippen LogP contribution in [0.15, 0.2) is 54.6 Å². The number of nitrogens with one attached hydrogen (secondary N) is 1. The van der Waals surface area contributed by atoms with Crippen LogP contribution in [0.2, 0.25) is 0 Å². The van der Waals surface area contributed by atoms with Gasteiger partial charge in [-0.2, -0.15) is 0 Å². The SMILES string of the molecule is C[C@@]1(CCc2ccccc2)NC(=O)N(CCN2C(=O)c3ccccc3C2=O)C1=O. The van der Waals surface area contributed by atoms with Crippen molar-refractivity contribution in [2.75, 3.05) is 13.1 Å². The highest BCUT2D eigenvalue weighted by atomic mass is 16.2. The predicted octanol–water partition coefficient (Wildman–Crippen LogP) is 2.23. The number of rotatable bonds is 6. The fraction of sp³-hybridized carbons (Fsp3) is 0.273. The summed E-state index contributed by atoms with van der Waals surface area (Å²) in [7, 11) is 0. The summed E-state index contributed by atoms with van der Waals surface area (Å²) in [5.74, 6) is -1.14. The largest absolute Gasteiger partial charge is 0.325 e. The topological polar surface area (TPSA) is 86.8 Å².